The van der Waals surface area contributed by atoms with E-state index < -0.39 is 12.2 Å². The predicted octanol–water partition coefficient (Wildman–Crippen LogP) is 7.63. The lowest BCUT2D eigenvalue weighted by Gasteiger charge is -2.20. The zero-order valence-corrected chi connectivity index (χ0v) is 20.6. The molecule has 0 saturated carbocycles. The zero-order valence-electron chi connectivity index (χ0n) is 19.9. The first kappa shape index (κ1) is 24.6. The molecule has 4 N–H and O–H groups in total. The number of nitrogens with two attached hydrogens (primary N) is 2. The number of fused-ring (bicyclic) bond motifs is 2. The van der Waals surface area contributed by atoms with Gasteiger partial charge in [-0.15, -0.1) is 0 Å². The van der Waals surface area contributed by atoms with Crippen molar-refractivity contribution in [3.63, 3.8) is 0 Å². The third-order valence-corrected chi connectivity index (χ3v) is 7.24. The summed E-state index contributed by atoms with van der Waals surface area (Å²) < 4.78 is 46.2. The van der Waals surface area contributed by atoms with Crippen LogP contribution < -0.4 is 16.2 Å². The summed E-state index contributed by atoms with van der Waals surface area (Å²) in [5, 5.41) is 1.87. The van der Waals surface area contributed by atoms with Crippen LogP contribution in [-0.4, -0.2) is 6.61 Å². The van der Waals surface area contributed by atoms with Crippen LogP contribution in [0.1, 0.15) is 54.5 Å². The molecule has 0 saturated heterocycles. The maximum Gasteiger partial charge on any atom is 0.387 e. The Morgan fingerprint density at radius 2 is 1.64 bits per heavy atom. The number of benzene rings is 4. The van der Waals surface area contributed by atoms with E-state index in [2.05, 4.69) is 0 Å². The van der Waals surface area contributed by atoms with E-state index in [0.717, 1.165) is 27.6 Å². The van der Waals surface area contributed by atoms with E-state index in [4.69, 9.17) is 27.8 Å². The molecule has 36 heavy (non-hydrogen) atoms. The average molecular weight is 511 g/mol. The van der Waals surface area contributed by atoms with Gasteiger partial charge in [-0.05, 0) is 83.6 Å². The Labute approximate surface area is 212 Å². The van der Waals surface area contributed by atoms with Crippen LogP contribution in [0.2, 0.25) is 5.02 Å². The molecule has 0 fully saturated rings. The summed E-state index contributed by atoms with van der Waals surface area (Å²) in [5.41, 5.74) is 16.5. The van der Waals surface area contributed by atoms with Gasteiger partial charge in [-0.25, -0.2) is 4.39 Å². The summed E-state index contributed by atoms with van der Waals surface area (Å²) in [6.45, 7) is 0.851. The maximum atomic E-state index is 15.2. The van der Waals surface area contributed by atoms with Gasteiger partial charge in [0, 0.05) is 33.6 Å². The van der Waals surface area contributed by atoms with Crippen molar-refractivity contribution >= 4 is 22.4 Å². The molecule has 0 bridgehead atoms. The molecule has 0 aliphatic heterocycles. The van der Waals surface area contributed by atoms with Crippen molar-refractivity contribution in [3.8, 4) is 16.9 Å². The molecule has 7 heteroatoms. The number of rotatable bonds is 5. The second kappa shape index (κ2) is 9.11. The lowest BCUT2D eigenvalue weighted by Crippen LogP contribution is -2.28. The van der Waals surface area contributed by atoms with Gasteiger partial charge in [0.2, 0.25) is 0 Å². The predicted molar refractivity (Wildman–Crippen MR) is 138 cm³/mol. The topological polar surface area (TPSA) is 61.3 Å². The van der Waals surface area contributed by atoms with E-state index >= 15 is 4.39 Å². The number of halogens is 4. The van der Waals surface area contributed by atoms with Crippen LogP contribution in [0.5, 0.6) is 5.75 Å². The SMILES string of the molecule is CC(C)(N)c1ccc(-c2cc3cc4c(cc3cc2F)C(N)CC4c2c(Cl)cccc2OC(F)F)cc1. The van der Waals surface area contributed by atoms with Crippen LogP contribution in [0.4, 0.5) is 13.2 Å². The largest absolute Gasteiger partial charge is 0.434 e. The molecule has 1 aliphatic rings. The summed E-state index contributed by atoms with van der Waals surface area (Å²) in [6.07, 6.45) is 0.473. The maximum absolute atomic E-state index is 15.2. The standard InChI is InChI=1S/C29H26ClF3N2O/c1-29(2,35)18-8-6-15(7-9-18)19-10-16-11-20-21(12-17(16)13-24(19)31)25(34)14-22(20)27-23(30)4-3-5-26(27)36-28(32)33/h3-13,22,25,28H,14,34-35H2,1-2H3. The van der Waals surface area contributed by atoms with E-state index in [0.29, 0.717) is 28.0 Å². The second-order valence-electron chi connectivity index (χ2n) is 9.88. The van der Waals surface area contributed by atoms with Crippen molar-refractivity contribution in [2.45, 2.75) is 44.4 Å². The minimum absolute atomic E-state index is 0.0327. The molecule has 1 aliphatic carbocycles. The highest BCUT2D eigenvalue weighted by atomic mass is 35.5. The normalized spacial score (nSPS) is 17.6. The van der Waals surface area contributed by atoms with Crippen LogP contribution >= 0.6 is 11.6 Å². The van der Waals surface area contributed by atoms with Crippen LogP contribution in [0.25, 0.3) is 21.9 Å². The fourth-order valence-corrected chi connectivity index (χ4v) is 5.41. The van der Waals surface area contributed by atoms with Gasteiger partial charge in [-0.1, -0.05) is 48.0 Å². The van der Waals surface area contributed by atoms with Gasteiger partial charge >= 0.3 is 6.61 Å². The summed E-state index contributed by atoms with van der Waals surface area (Å²) >= 11 is 6.47. The average Bonchev–Trinajstić information content (AvgIpc) is 3.11. The van der Waals surface area contributed by atoms with E-state index in [1.165, 1.54) is 12.1 Å². The number of alkyl halides is 2. The molecule has 5 rings (SSSR count). The quantitative estimate of drug-likeness (QED) is 0.290. The molecule has 0 radical (unpaired) electrons. The van der Waals surface area contributed by atoms with Crippen LogP contribution in [-0.2, 0) is 5.54 Å². The van der Waals surface area contributed by atoms with Gasteiger partial charge in [0.15, 0.2) is 0 Å². The monoisotopic (exact) mass is 510 g/mol. The van der Waals surface area contributed by atoms with E-state index in [1.807, 2.05) is 50.2 Å². The van der Waals surface area contributed by atoms with Crippen molar-refractivity contribution in [3.05, 3.63) is 99.8 Å². The van der Waals surface area contributed by atoms with Gasteiger partial charge in [0.1, 0.15) is 11.6 Å². The van der Waals surface area contributed by atoms with Crippen molar-refractivity contribution in [2.75, 3.05) is 0 Å². The van der Waals surface area contributed by atoms with Gasteiger partial charge in [0.05, 0.1) is 0 Å². The number of hydrogen-bond donors (Lipinski definition) is 2. The molecular weight excluding hydrogens is 485 g/mol. The molecule has 4 aromatic carbocycles. The molecule has 0 spiro atoms. The lowest BCUT2D eigenvalue weighted by atomic mass is 9.89. The summed E-state index contributed by atoms with van der Waals surface area (Å²) in [5.74, 6) is -0.643. The fraction of sp³-hybridized carbons (Fsp3) is 0.241. The highest BCUT2D eigenvalue weighted by Crippen LogP contribution is 2.49. The first-order chi connectivity index (χ1) is 17.0. The molecule has 0 aromatic heterocycles. The summed E-state index contributed by atoms with van der Waals surface area (Å²) in [4.78, 5) is 0. The Morgan fingerprint density at radius 1 is 0.972 bits per heavy atom. The molecule has 4 aromatic rings. The Balaban J connectivity index is 1.62. The molecule has 0 heterocycles. The summed E-state index contributed by atoms with van der Waals surface area (Å²) in [6, 6.07) is 19.0. The van der Waals surface area contributed by atoms with E-state index in [1.54, 1.807) is 18.2 Å². The Bertz CT molecular complexity index is 1450. The molecule has 2 atom stereocenters. The number of ether oxygens (including phenoxy) is 1. The Hall–Kier alpha value is -3.06. The first-order valence-electron chi connectivity index (χ1n) is 11.7. The van der Waals surface area contributed by atoms with Crippen LogP contribution in [0.15, 0.2) is 66.7 Å². The highest BCUT2D eigenvalue weighted by molar-refractivity contribution is 6.31. The molecule has 2 unspecified atom stereocenters. The summed E-state index contributed by atoms with van der Waals surface area (Å²) in [7, 11) is 0. The minimum Gasteiger partial charge on any atom is -0.434 e. The molecule has 186 valence electrons. The van der Waals surface area contributed by atoms with Crippen molar-refractivity contribution in [1.82, 2.24) is 0 Å². The highest BCUT2D eigenvalue weighted by Gasteiger charge is 2.34. The van der Waals surface area contributed by atoms with Gasteiger partial charge in [0.25, 0.3) is 0 Å². The smallest absolute Gasteiger partial charge is 0.387 e. The Kier molecular flexibility index (Phi) is 6.23. The van der Waals surface area contributed by atoms with Crippen molar-refractivity contribution in [1.29, 1.82) is 0 Å². The fourth-order valence-electron chi connectivity index (χ4n) is 5.12. The third-order valence-electron chi connectivity index (χ3n) is 6.91. The van der Waals surface area contributed by atoms with Gasteiger partial charge < -0.3 is 16.2 Å². The molecule has 0 amide bonds. The zero-order chi connectivity index (χ0) is 25.8. The third kappa shape index (κ3) is 4.45. The molecule has 3 nitrogen and oxygen atoms in total. The number of hydrogen-bond acceptors (Lipinski definition) is 3. The minimum atomic E-state index is -2.98. The van der Waals surface area contributed by atoms with Crippen LogP contribution in [0, 0.1) is 5.82 Å². The van der Waals surface area contributed by atoms with E-state index in [9.17, 15) is 8.78 Å². The molecular formula is C29H26ClF3N2O. The van der Waals surface area contributed by atoms with Crippen LogP contribution in [0.3, 0.4) is 0 Å². The Morgan fingerprint density at radius 3 is 2.31 bits per heavy atom. The lowest BCUT2D eigenvalue weighted by molar-refractivity contribution is -0.0505. The van der Waals surface area contributed by atoms with Gasteiger partial charge in [-0.3, -0.25) is 0 Å². The van der Waals surface area contributed by atoms with Crippen molar-refractivity contribution < 1.29 is 17.9 Å². The van der Waals surface area contributed by atoms with Crippen molar-refractivity contribution in [2.24, 2.45) is 11.5 Å². The van der Waals surface area contributed by atoms with E-state index in [-0.39, 0.29) is 23.5 Å². The second-order valence-corrected chi connectivity index (χ2v) is 10.3. The van der Waals surface area contributed by atoms with Gasteiger partial charge in [-0.2, -0.15) is 8.78 Å². The first-order valence-corrected chi connectivity index (χ1v) is 12.1.